The molecule has 2 aliphatic carbocycles. The van der Waals surface area contributed by atoms with Crippen molar-refractivity contribution >= 4 is 0 Å². The molecule has 2 aliphatic rings. The van der Waals surface area contributed by atoms with Gasteiger partial charge in [0.2, 0.25) is 0 Å². The van der Waals surface area contributed by atoms with E-state index in [4.69, 9.17) is 0 Å². The molecular formula is C11H16. The topological polar surface area (TPSA) is 0 Å². The molecule has 3 unspecified atom stereocenters. The Balaban J connectivity index is 2.23. The summed E-state index contributed by atoms with van der Waals surface area (Å²) in [5, 5.41) is 0. The van der Waals surface area contributed by atoms with Gasteiger partial charge in [-0.15, -0.1) is 0 Å². The maximum atomic E-state index is 2.40. The van der Waals surface area contributed by atoms with Gasteiger partial charge < -0.3 is 0 Å². The lowest BCUT2D eigenvalue weighted by Gasteiger charge is -2.18. The number of hydrogen-bond acceptors (Lipinski definition) is 0. The van der Waals surface area contributed by atoms with Gasteiger partial charge in [0.05, 0.1) is 0 Å². The van der Waals surface area contributed by atoms with E-state index in [1.54, 1.807) is 5.57 Å². The number of allylic oxidation sites excluding steroid dienone is 4. The minimum atomic E-state index is 0.884. The SMILES string of the molecule is CC1CC2=CC=CCC2C1C. The molecule has 0 radical (unpaired) electrons. The zero-order valence-electron chi connectivity index (χ0n) is 7.38. The Morgan fingerprint density at radius 3 is 2.91 bits per heavy atom. The van der Waals surface area contributed by atoms with Crippen LogP contribution < -0.4 is 0 Å². The summed E-state index contributed by atoms with van der Waals surface area (Å²) in [6, 6.07) is 0. The van der Waals surface area contributed by atoms with Crippen LogP contribution in [0.25, 0.3) is 0 Å². The van der Waals surface area contributed by atoms with Crippen LogP contribution in [0.1, 0.15) is 26.7 Å². The van der Waals surface area contributed by atoms with Crippen molar-refractivity contribution in [1.29, 1.82) is 0 Å². The number of hydrogen-bond donors (Lipinski definition) is 0. The first-order chi connectivity index (χ1) is 5.29. The maximum Gasteiger partial charge on any atom is -0.0137 e. The monoisotopic (exact) mass is 148 g/mol. The summed E-state index contributed by atoms with van der Waals surface area (Å²) in [4.78, 5) is 0. The third kappa shape index (κ3) is 1.05. The van der Waals surface area contributed by atoms with Gasteiger partial charge in [0.1, 0.15) is 0 Å². The van der Waals surface area contributed by atoms with E-state index in [2.05, 4.69) is 32.1 Å². The highest BCUT2D eigenvalue weighted by Crippen LogP contribution is 2.43. The first kappa shape index (κ1) is 7.15. The fourth-order valence-electron chi connectivity index (χ4n) is 2.42. The van der Waals surface area contributed by atoms with Gasteiger partial charge in [-0.05, 0) is 30.6 Å². The highest BCUT2D eigenvalue weighted by atomic mass is 14.4. The quantitative estimate of drug-likeness (QED) is 0.495. The minimum absolute atomic E-state index is 0.884. The second-order valence-corrected chi connectivity index (χ2v) is 4.05. The van der Waals surface area contributed by atoms with E-state index in [0.29, 0.717) is 0 Å². The average molecular weight is 148 g/mol. The highest BCUT2D eigenvalue weighted by molar-refractivity contribution is 5.25. The molecule has 0 saturated heterocycles. The van der Waals surface area contributed by atoms with Crippen LogP contribution in [-0.2, 0) is 0 Å². The summed E-state index contributed by atoms with van der Waals surface area (Å²) in [6.07, 6.45) is 9.49. The van der Waals surface area contributed by atoms with Crippen LogP contribution in [-0.4, -0.2) is 0 Å². The summed E-state index contributed by atoms with van der Waals surface area (Å²) >= 11 is 0. The molecule has 0 spiro atoms. The van der Waals surface area contributed by atoms with E-state index in [0.717, 1.165) is 17.8 Å². The van der Waals surface area contributed by atoms with Crippen LogP contribution in [0, 0.1) is 17.8 Å². The Hall–Kier alpha value is -0.520. The van der Waals surface area contributed by atoms with Gasteiger partial charge in [0, 0.05) is 0 Å². The largest absolute Gasteiger partial charge is 0.0839 e. The summed E-state index contributed by atoms with van der Waals surface area (Å²) in [5.41, 5.74) is 1.70. The molecular weight excluding hydrogens is 132 g/mol. The number of rotatable bonds is 0. The van der Waals surface area contributed by atoms with Crippen molar-refractivity contribution in [3.8, 4) is 0 Å². The molecule has 0 N–H and O–H groups in total. The third-order valence-electron chi connectivity index (χ3n) is 3.40. The van der Waals surface area contributed by atoms with Crippen molar-refractivity contribution in [2.45, 2.75) is 26.7 Å². The fourth-order valence-corrected chi connectivity index (χ4v) is 2.42. The van der Waals surface area contributed by atoms with E-state index >= 15 is 0 Å². The van der Waals surface area contributed by atoms with Crippen molar-refractivity contribution in [2.75, 3.05) is 0 Å². The lowest BCUT2D eigenvalue weighted by Crippen LogP contribution is -2.09. The molecule has 0 heterocycles. The van der Waals surface area contributed by atoms with E-state index in [-0.39, 0.29) is 0 Å². The Kier molecular flexibility index (Phi) is 1.63. The van der Waals surface area contributed by atoms with Crippen molar-refractivity contribution < 1.29 is 0 Å². The molecule has 1 saturated carbocycles. The van der Waals surface area contributed by atoms with Gasteiger partial charge in [-0.2, -0.15) is 0 Å². The first-order valence-electron chi connectivity index (χ1n) is 4.64. The molecule has 0 aromatic rings. The van der Waals surface area contributed by atoms with Crippen molar-refractivity contribution in [1.82, 2.24) is 0 Å². The molecule has 0 aliphatic heterocycles. The molecule has 0 aromatic carbocycles. The zero-order valence-corrected chi connectivity index (χ0v) is 7.38. The lowest BCUT2D eigenvalue weighted by molar-refractivity contribution is 0.372. The minimum Gasteiger partial charge on any atom is -0.0839 e. The molecule has 2 rings (SSSR count). The Morgan fingerprint density at radius 2 is 2.18 bits per heavy atom. The molecule has 0 amide bonds. The van der Waals surface area contributed by atoms with Gasteiger partial charge in [0.15, 0.2) is 0 Å². The lowest BCUT2D eigenvalue weighted by atomic mass is 9.87. The second kappa shape index (κ2) is 2.51. The first-order valence-corrected chi connectivity index (χ1v) is 4.64. The molecule has 1 fully saturated rings. The summed E-state index contributed by atoms with van der Waals surface area (Å²) in [5.74, 6) is 2.70. The van der Waals surface area contributed by atoms with Crippen molar-refractivity contribution in [3.63, 3.8) is 0 Å². The van der Waals surface area contributed by atoms with Crippen LogP contribution in [0.2, 0.25) is 0 Å². The van der Waals surface area contributed by atoms with Gasteiger partial charge in [-0.3, -0.25) is 0 Å². The molecule has 0 nitrogen and oxygen atoms in total. The van der Waals surface area contributed by atoms with E-state index in [1.165, 1.54) is 12.8 Å². The Labute approximate surface area is 69.0 Å². The molecule has 0 bridgehead atoms. The number of fused-ring (bicyclic) bond motifs is 1. The normalized spacial score (nSPS) is 42.0. The van der Waals surface area contributed by atoms with Gasteiger partial charge in [0.25, 0.3) is 0 Å². The van der Waals surface area contributed by atoms with Gasteiger partial charge in [-0.25, -0.2) is 0 Å². The molecule has 11 heavy (non-hydrogen) atoms. The van der Waals surface area contributed by atoms with Gasteiger partial charge in [-0.1, -0.05) is 37.6 Å². The predicted molar refractivity (Wildman–Crippen MR) is 48.3 cm³/mol. The second-order valence-electron chi connectivity index (χ2n) is 4.05. The summed E-state index contributed by atoms with van der Waals surface area (Å²) in [7, 11) is 0. The van der Waals surface area contributed by atoms with Crippen molar-refractivity contribution in [3.05, 3.63) is 23.8 Å². The Bertz CT molecular complexity index is 210. The molecule has 0 aromatic heterocycles. The predicted octanol–water partition coefficient (Wildman–Crippen LogP) is 3.16. The van der Waals surface area contributed by atoms with E-state index in [9.17, 15) is 0 Å². The Morgan fingerprint density at radius 1 is 1.36 bits per heavy atom. The fraction of sp³-hybridized carbons (Fsp3) is 0.636. The van der Waals surface area contributed by atoms with E-state index in [1.807, 2.05) is 0 Å². The van der Waals surface area contributed by atoms with Crippen molar-refractivity contribution in [2.24, 2.45) is 17.8 Å². The highest BCUT2D eigenvalue weighted by Gasteiger charge is 2.33. The van der Waals surface area contributed by atoms with Crippen LogP contribution >= 0.6 is 0 Å². The maximum absolute atomic E-state index is 2.40. The van der Waals surface area contributed by atoms with E-state index < -0.39 is 0 Å². The van der Waals surface area contributed by atoms with Crippen LogP contribution in [0.4, 0.5) is 0 Å². The smallest absolute Gasteiger partial charge is 0.0137 e. The van der Waals surface area contributed by atoms with Crippen LogP contribution in [0.3, 0.4) is 0 Å². The summed E-state index contributed by atoms with van der Waals surface area (Å²) < 4.78 is 0. The molecule has 3 atom stereocenters. The van der Waals surface area contributed by atoms with Crippen LogP contribution in [0.5, 0.6) is 0 Å². The zero-order chi connectivity index (χ0) is 7.84. The van der Waals surface area contributed by atoms with Crippen LogP contribution in [0.15, 0.2) is 23.8 Å². The summed E-state index contributed by atoms with van der Waals surface area (Å²) in [6.45, 7) is 4.78. The average Bonchev–Trinajstić information content (AvgIpc) is 2.30. The molecule has 0 heteroatoms. The van der Waals surface area contributed by atoms with Gasteiger partial charge >= 0.3 is 0 Å². The molecule has 60 valence electrons. The standard InChI is InChI=1S/C11H16/c1-8-7-10-5-3-4-6-11(10)9(8)2/h3-5,8-9,11H,6-7H2,1-2H3. The third-order valence-corrected chi connectivity index (χ3v) is 3.40.